The van der Waals surface area contributed by atoms with Crippen LogP contribution < -0.4 is 5.32 Å². The number of amides is 1. The summed E-state index contributed by atoms with van der Waals surface area (Å²) in [5.41, 5.74) is 0. The molecule has 8 heteroatoms. The summed E-state index contributed by atoms with van der Waals surface area (Å²) in [6, 6.07) is 0. The zero-order chi connectivity index (χ0) is 12.7. The highest BCUT2D eigenvalue weighted by Crippen LogP contribution is 2.05. The van der Waals surface area contributed by atoms with E-state index < -0.39 is 36.9 Å². The highest BCUT2D eigenvalue weighted by Gasteiger charge is 2.33. The summed E-state index contributed by atoms with van der Waals surface area (Å²) in [7, 11) is 0. The maximum Gasteiger partial charge on any atom is 0.251 e. The molecular weight excluding hydrogens is 286 g/mol. The van der Waals surface area contributed by atoms with Gasteiger partial charge in [-0.1, -0.05) is 15.9 Å². The van der Waals surface area contributed by atoms with Crippen molar-refractivity contribution >= 4 is 21.8 Å². The quantitative estimate of drug-likeness (QED) is 0.277. The number of nitrogens with one attached hydrogen (secondary N) is 1. The average Bonchev–Trinajstić information content (AvgIpc) is 2.31. The van der Waals surface area contributed by atoms with E-state index in [0.29, 0.717) is 5.33 Å². The van der Waals surface area contributed by atoms with Crippen molar-refractivity contribution in [3.05, 3.63) is 0 Å². The van der Waals surface area contributed by atoms with E-state index in [4.69, 9.17) is 10.2 Å². The number of rotatable bonds is 7. The average molecular weight is 302 g/mol. The van der Waals surface area contributed by atoms with Crippen LogP contribution in [0.2, 0.25) is 0 Å². The molecule has 1 amide bonds. The zero-order valence-corrected chi connectivity index (χ0v) is 10.0. The first-order valence-electron chi connectivity index (χ1n) is 4.62. The minimum Gasteiger partial charge on any atom is -0.394 e. The molecule has 0 saturated carbocycles. The van der Waals surface area contributed by atoms with Crippen molar-refractivity contribution in [1.29, 1.82) is 0 Å². The lowest BCUT2D eigenvalue weighted by molar-refractivity contribution is -0.148. The van der Waals surface area contributed by atoms with E-state index in [1.165, 1.54) is 0 Å². The highest BCUT2D eigenvalue weighted by atomic mass is 79.9. The number of halogens is 1. The van der Waals surface area contributed by atoms with Gasteiger partial charge in [-0.3, -0.25) is 4.79 Å². The minimum absolute atomic E-state index is 0.251. The lowest BCUT2D eigenvalue weighted by Crippen LogP contribution is -2.51. The SMILES string of the molecule is O=C(NCCBr)C(O)C(O)C(O)C(O)CO. The van der Waals surface area contributed by atoms with Crippen LogP contribution in [0.25, 0.3) is 0 Å². The molecule has 0 heterocycles. The third-order valence-corrected chi connectivity index (χ3v) is 2.31. The number of aliphatic hydroxyl groups is 5. The molecule has 0 aromatic heterocycles. The van der Waals surface area contributed by atoms with Crippen LogP contribution in [0.1, 0.15) is 0 Å². The smallest absolute Gasteiger partial charge is 0.251 e. The van der Waals surface area contributed by atoms with E-state index in [1.807, 2.05) is 0 Å². The minimum atomic E-state index is -1.87. The van der Waals surface area contributed by atoms with Crippen LogP contribution in [0.3, 0.4) is 0 Å². The van der Waals surface area contributed by atoms with Crippen molar-refractivity contribution in [2.24, 2.45) is 0 Å². The van der Waals surface area contributed by atoms with Gasteiger partial charge in [0.05, 0.1) is 6.61 Å². The Morgan fingerprint density at radius 1 is 1.19 bits per heavy atom. The summed E-state index contributed by atoms with van der Waals surface area (Å²) < 4.78 is 0. The van der Waals surface area contributed by atoms with Crippen LogP contribution in [-0.2, 0) is 4.79 Å². The van der Waals surface area contributed by atoms with Crippen molar-refractivity contribution in [2.45, 2.75) is 24.4 Å². The Morgan fingerprint density at radius 3 is 2.19 bits per heavy atom. The maximum atomic E-state index is 11.2. The van der Waals surface area contributed by atoms with Crippen molar-refractivity contribution in [3.8, 4) is 0 Å². The number of carbonyl (C=O) groups is 1. The van der Waals surface area contributed by atoms with Gasteiger partial charge in [0.15, 0.2) is 6.10 Å². The molecule has 0 aliphatic heterocycles. The predicted molar refractivity (Wildman–Crippen MR) is 57.9 cm³/mol. The Kier molecular flexibility index (Phi) is 7.81. The molecule has 16 heavy (non-hydrogen) atoms. The molecule has 0 fully saturated rings. The fraction of sp³-hybridized carbons (Fsp3) is 0.875. The number of carbonyl (C=O) groups excluding carboxylic acids is 1. The van der Waals surface area contributed by atoms with Gasteiger partial charge >= 0.3 is 0 Å². The van der Waals surface area contributed by atoms with Crippen molar-refractivity contribution in [3.63, 3.8) is 0 Å². The Labute approximate surface area is 101 Å². The van der Waals surface area contributed by atoms with Crippen molar-refractivity contribution in [1.82, 2.24) is 5.32 Å². The summed E-state index contributed by atoms with van der Waals surface area (Å²) in [5.74, 6) is -0.865. The maximum absolute atomic E-state index is 11.2. The molecule has 0 aliphatic rings. The van der Waals surface area contributed by atoms with Gasteiger partial charge in [-0.25, -0.2) is 0 Å². The monoisotopic (exact) mass is 301 g/mol. The van der Waals surface area contributed by atoms with Crippen LogP contribution in [0, 0.1) is 0 Å². The largest absolute Gasteiger partial charge is 0.394 e. The fourth-order valence-electron chi connectivity index (χ4n) is 0.952. The fourth-order valence-corrected chi connectivity index (χ4v) is 1.15. The Hall–Kier alpha value is -0.250. The van der Waals surface area contributed by atoms with Gasteiger partial charge in [-0.15, -0.1) is 0 Å². The summed E-state index contributed by atoms with van der Waals surface area (Å²) in [6.07, 6.45) is -7.14. The van der Waals surface area contributed by atoms with Gasteiger partial charge in [-0.05, 0) is 0 Å². The molecule has 0 saturated heterocycles. The van der Waals surface area contributed by atoms with Crippen LogP contribution in [0.15, 0.2) is 0 Å². The molecule has 4 unspecified atom stereocenters. The van der Waals surface area contributed by atoms with E-state index in [2.05, 4.69) is 21.2 Å². The van der Waals surface area contributed by atoms with E-state index >= 15 is 0 Å². The second-order valence-electron chi connectivity index (χ2n) is 3.16. The van der Waals surface area contributed by atoms with Crippen molar-refractivity contribution in [2.75, 3.05) is 18.5 Å². The zero-order valence-electron chi connectivity index (χ0n) is 8.45. The molecule has 0 rings (SSSR count). The molecule has 96 valence electrons. The first-order chi connectivity index (χ1) is 7.45. The van der Waals surface area contributed by atoms with Gasteiger partial charge in [0.25, 0.3) is 5.91 Å². The molecule has 6 N–H and O–H groups in total. The molecule has 4 atom stereocenters. The van der Waals surface area contributed by atoms with E-state index in [1.54, 1.807) is 0 Å². The molecule has 7 nitrogen and oxygen atoms in total. The molecular formula is C8H16BrNO6. The number of alkyl halides is 1. The summed E-state index contributed by atoms with van der Waals surface area (Å²) >= 11 is 3.05. The van der Waals surface area contributed by atoms with Gasteiger partial charge < -0.3 is 30.8 Å². The third-order valence-electron chi connectivity index (χ3n) is 1.92. The standard InChI is InChI=1S/C8H16BrNO6/c9-1-2-10-8(16)7(15)6(14)5(13)4(12)3-11/h4-7,11-15H,1-3H2,(H,10,16). The summed E-state index contributed by atoms with van der Waals surface area (Å²) in [5, 5.41) is 48.1. The first kappa shape index (κ1) is 15.8. The Morgan fingerprint density at radius 2 is 1.75 bits per heavy atom. The van der Waals surface area contributed by atoms with Gasteiger partial charge in [0.1, 0.15) is 18.3 Å². The topological polar surface area (TPSA) is 130 Å². The van der Waals surface area contributed by atoms with Crippen LogP contribution in [0.4, 0.5) is 0 Å². The second-order valence-corrected chi connectivity index (χ2v) is 3.95. The van der Waals surface area contributed by atoms with E-state index in [0.717, 1.165) is 0 Å². The number of aliphatic hydroxyl groups excluding tert-OH is 5. The van der Waals surface area contributed by atoms with Crippen LogP contribution in [0.5, 0.6) is 0 Å². The first-order valence-corrected chi connectivity index (χ1v) is 5.74. The molecule has 0 aromatic rings. The normalized spacial score (nSPS) is 18.6. The molecule has 0 radical (unpaired) electrons. The van der Waals surface area contributed by atoms with Gasteiger partial charge in [-0.2, -0.15) is 0 Å². The summed E-state index contributed by atoms with van der Waals surface area (Å²) in [4.78, 5) is 11.2. The van der Waals surface area contributed by atoms with Crippen LogP contribution >= 0.6 is 15.9 Å². The lowest BCUT2D eigenvalue weighted by atomic mass is 10.0. The Balaban J connectivity index is 4.25. The predicted octanol–water partition coefficient (Wildman–Crippen LogP) is -3.07. The number of hydrogen-bond donors (Lipinski definition) is 6. The molecule has 0 aliphatic carbocycles. The third kappa shape index (κ3) is 4.73. The Bertz CT molecular complexity index is 217. The summed E-state index contributed by atoms with van der Waals surface area (Å²) in [6.45, 7) is -0.533. The molecule has 0 bridgehead atoms. The highest BCUT2D eigenvalue weighted by molar-refractivity contribution is 9.09. The molecule has 0 spiro atoms. The van der Waals surface area contributed by atoms with Crippen LogP contribution in [-0.4, -0.2) is 74.3 Å². The molecule has 0 aromatic carbocycles. The lowest BCUT2D eigenvalue weighted by Gasteiger charge is -2.24. The number of hydrogen-bond acceptors (Lipinski definition) is 6. The van der Waals surface area contributed by atoms with Crippen molar-refractivity contribution < 1.29 is 30.3 Å². The van der Waals surface area contributed by atoms with E-state index in [9.17, 15) is 20.1 Å². The second kappa shape index (κ2) is 7.93. The van der Waals surface area contributed by atoms with E-state index in [-0.39, 0.29) is 6.54 Å². The van der Waals surface area contributed by atoms with Gasteiger partial charge in [0, 0.05) is 11.9 Å². The van der Waals surface area contributed by atoms with Gasteiger partial charge in [0.2, 0.25) is 0 Å².